The Balaban J connectivity index is 5.23. The summed E-state index contributed by atoms with van der Waals surface area (Å²) in [4.78, 5) is 35.9. The molecule has 6 nitrogen and oxygen atoms in total. The molecule has 0 aliphatic heterocycles. The van der Waals surface area contributed by atoms with Crippen molar-refractivity contribution in [3.05, 3.63) is 0 Å². The Morgan fingerprint density at radius 2 is 1.21 bits per heavy atom. The van der Waals surface area contributed by atoms with Crippen molar-refractivity contribution in [3.8, 4) is 0 Å². The normalized spacial score (nSPS) is 16.1. The molecule has 0 saturated carbocycles. The molecule has 0 N–H and O–H groups in total. The molecule has 194 valence electrons. The van der Waals surface area contributed by atoms with Gasteiger partial charge in [0.05, 0.1) is 10.8 Å². The summed E-state index contributed by atoms with van der Waals surface area (Å²) < 4.78 is 125. The summed E-state index contributed by atoms with van der Waals surface area (Å²) in [5.74, 6) is -4.77. The molecule has 0 saturated heterocycles. The summed E-state index contributed by atoms with van der Waals surface area (Å²) in [5, 5.41) is 0. The summed E-state index contributed by atoms with van der Waals surface area (Å²) in [6.45, 7) is 3.87. The first-order valence-corrected chi connectivity index (χ1v) is 9.25. The predicted octanol–water partition coefficient (Wildman–Crippen LogP) is 4.89. The molecular weight excluding hydrogens is 483 g/mol. The molecule has 0 spiro atoms. The molecule has 0 aliphatic rings. The van der Waals surface area contributed by atoms with Crippen LogP contribution < -0.4 is 0 Å². The van der Waals surface area contributed by atoms with E-state index >= 15 is 0 Å². The molecule has 15 heteroatoms. The number of hydrogen-bond acceptors (Lipinski definition) is 6. The van der Waals surface area contributed by atoms with E-state index < -0.39 is 72.5 Å². The van der Waals surface area contributed by atoms with Crippen LogP contribution in [0.15, 0.2) is 0 Å². The third-order valence-electron chi connectivity index (χ3n) is 4.57. The molecule has 2 atom stereocenters. The van der Waals surface area contributed by atoms with E-state index in [4.69, 9.17) is 0 Å². The second-order valence-electron chi connectivity index (χ2n) is 8.09. The lowest BCUT2D eigenvalue weighted by Gasteiger charge is -2.34. The van der Waals surface area contributed by atoms with Gasteiger partial charge in [-0.1, -0.05) is 6.92 Å². The smallest absolute Gasteiger partial charge is 0.434 e. The average Bonchev–Trinajstić information content (AvgIpc) is 2.60. The fraction of sp³-hybridized carbons (Fsp3) is 0.833. The zero-order chi connectivity index (χ0) is 26.6. The van der Waals surface area contributed by atoms with E-state index in [1.54, 1.807) is 0 Å². The highest BCUT2D eigenvalue weighted by Crippen LogP contribution is 2.40. The van der Waals surface area contributed by atoms with Crippen LogP contribution in [0.1, 0.15) is 47.5 Å². The predicted molar refractivity (Wildman–Crippen MR) is 91.4 cm³/mol. The van der Waals surface area contributed by atoms with Crippen molar-refractivity contribution in [2.24, 2.45) is 10.8 Å². The van der Waals surface area contributed by atoms with Crippen LogP contribution in [0.4, 0.5) is 39.5 Å². The Bertz CT molecular complexity index is 698. The Labute approximate surface area is 182 Å². The Hall–Kier alpha value is -2.22. The minimum absolute atomic E-state index is 0.103. The van der Waals surface area contributed by atoms with E-state index in [1.807, 2.05) is 0 Å². The summed E-state index contributed by atoms with van der Waals surface area (Å²) in [6, 6.07) is 0. The monoisotopic (exact) mass is 506 g/mol. The quantitative estimate of drug-likeness (QED) is 0.252. The van der Waals surface area contributed by atoms with Crippen LogP contribution in [0, 0.1) is 10.8 Å². The molecule has 0 amide bonds. The lowest BCUT2D eigenvalue weighted by molar-refractivity contribution is -0.313. The van der Waals surface area contributed by atoms with E-state index in [0.29, 0.717) is 6.92 Å². The minimum Gasteiger partial charge on any atom is -0.453 e. The van der Waals surface area contributed by atoms with Gasteiger partial charge < -0.3 is 14.2 Å². The zero-order valence-corrected chi connectivity index (χ0v) is 18.1. The number of rotatable bonds is 9. The largest absolute Gasteiger partial charge is 0.453 e. The first-order valence-electron chi connectivity index (χ1n) is 9.25. The van der Waals surface area contributed by atoms with Gasteiger partial charge in [0.2, 0.25) is 0 Å². The van der Waals surface area contributed by atoms with Gasteiger partial charge in [0, 0.05) is 0 Å². The molecule has 0 fully saturated rings. The highest BCUT2D eigenvalue weighted by molar-refractivity contribution is 5.82. The lowest BCUT2D eigenvalue weighted by atomic mass is 9.72. The Morgan fingerprint density at radius 1 is 0.758 bits per heavy atom. The molecule has 0 bridgehead atoms. The van der Waals surface area contributed by atoms with E-state index in [0.717, 1.165) is 13.8 Å². The van der Waals surface area contributed by atoms with Gasteiger partial charge in [-0.05, 0) is 40.5 Å². The van der Waals surface area contributed by atoms with Crippen LogP contribution in [-0.2, 0) is 28.6 Å². The van der Waals surface area contributed by atoms with Gasteiger partial charge >= 0.3 is 36.4 Å². The van der Waals surface area contributed by atoms with E-state index in [2.05, 4.69) is 14.2 Å². The van der Waals surface area contributed by atoms with Crippen LogP contribution in [-0.4, -0.2) is 55.3 Å². The van der Waals surface area contributed by atoms with Crippen molar-refractivity contribution < 1.29 is 68.1 Å². The highest BCUT2D eigenvalue weighted by Gasteiger charge is 2.60. The summed E-state index contributed by atoms with van der Waals surface area (Å²) in [5.41, 5.74) is -3.36. The molecule has 0 aromatic rings. The van der Waals surface area contributed by atoms with Gasteiger partial charge in [-0.3, -0.25) is 9.59 Å². The Morgan fingerprint density at radius 3 is 1.58 bits per heavy atom. The fourth-order valence-electron chi connectivity index (χ4n) is 2.56. The summed E-state index contributed by atoms with van der Waals surface area (Å²) >= 11 is 0. The maximum Gasteiger partial charge on any atom is 0.434 e. The molecule has 33 heavy (non-hydrogen) atoms. The molecule has 0 aliphatic carbocycles. The summed E-state index contributed by atoms with van der Waals surface area (Å²) in [7, 11) is 0. The number of ether oxygens (including phenoxy) is 3. The molecular formula is C18H23F9O6. The SMILES string of the molecule is CCC(C)(CC(C)(C)C(=O)OCC(=O)OC(C(F)(F)F)C(F)(F)F)C(=O)OC(C)C(F)(F)F. The van der Waals surface area contributed by atoms with Gasteiger partial charge in [-0.25, -0.2) is 4.79 Å². The van der Waals surface area contributed by atoms with Crippen LogP contribution in [0.2, 0.25) is 0 Å². The molecule has 0 rings (SSSR count). The number of carbonyl (C=O) groups is 3. The van der Waals surface area contributed by atoms with E-state index in [1.165, 1.54) is 13.8 Å². The Kier molecular flexibility index (Phi) is 9.67. The van der Waals surface area contributed by atoms with Crippen molar-refractivity contribution in [2.45, 2.75) is 78.2 Å². The van der Waals surface area contributed by atoms with Crippen molar-refractivity contribution in [3.63, 3.8) is 0 Å². The minimum atomic E-state index is -5.96. The third kappa shape index (κ3) is 9.27. The standard InChI is InChI=1S/C18H23F9O6/c1-6-15(5,13(30)32-9(2)16(19,20)21)8-14(3,4)12(29)31-7-10(28)33-11(17(22,23)24)18(25,26)27/h9,11H,6-8H2,1-5H3. The number of carbonyl (C=O) groups excluding carboxylic acids is 3. The number of esters is 3. The van der Waals surface area contributed by atoms with Crippen molar-refractivity contribution >= 4 is 17.9 Å². The topological polar surface area (TPSA) is 78.9 Å². The second kappa shape index (κ2) is 10.4. The van der Waals surface area contributed by atoms with Gasteiger partial charge in [-0.2, -0.15) is 39.5 Å². The van der Waals surface area contributed by atoms with Gasteiger partial charge in [0.1, 0.15) is 0 Å². The molecule has 0 heterocycles. The van der Waals surface area contributed by atoms with Crippen molar-refractivity contribution in [2.75, 3.05) is 6.61 Å². The molecule has 0 aromatic heterocycles. The fourth-order valence-corrected chi connectivity index (χ4v) is 2.56. The van der Waals surface area contributed by atoms with Gasteiger partial charge in [0.25, 0.3) is 6.10 Å². The van der Waals surface area contributed by atoms with Crippen LogP contribution in [0.3, 0.4) is 0 Å². The van der Waals surface area contributed by atoms with E-state index in [9.17, 15) is 53.9 Å². The highest BCUT2D eigenvalue weighted by atomic mass is 19.4. The van der Waals surface area contributed by atoms with Crippen molar-refractivity contribution in [1.82, 2.24) is 0 Å². The van der Waals surface area contributed by atoms with Crippen LogP contribution in [0.25, 0.3) is 0 Å². The molecule has 0 aromatic carbocycles. The maximum atomic E-state index is 12.6. The third-order valence-corrected chi connectivity index (χ3v) is 4.57. The zero-order valence-electron chi connectivity index (χ0n) is 18.1. The van der Waals surface area contributed by atoms with Crippen molar-refractivity contribution in [1.29, 1.82) is 0 Å². The van der Waals surface area contributed by atoms with E-state index in [-0.39, 0.29) is 6.42 Å². The average molecular weight is 506 g/mol. The number of halogens is 9. The molecule has 0 radical (unpaired) electrons. The first kappa shape index (κ1) is 30.8. The first-order chi connectivity index (χ1) is 14.5. The number of alkyl halides is 9. The molecule has 2 unspecified atom stereocenters. The summed E-state index contributed by atoms with van der Waals surface area (Å²) in [6.07, 6.45) is -24.2. The van der Waals surface area contributed by atoms with Crippen LogP contribution in [0.5, 0.6) is 0 Å². The van der Waals surface area contributed by atoms with Crippen LogP contribution >= 0.6 is 0 Å². The maximum absolute atomic E-state index is 12.6. The second-order valence-corrected chi connectivity index (χ2v) is 8.09. The van der Waals surface area contributed by atoms with Gasteiger partial charge in [0.15, 0.2) is 12.7 Å². The van der Waals surface area contributed by atoms with Gasteiger partial charge in [-0.15, -0.1) is 0 Å². The lowest BCUT2D eigenvalue weighted by Crippen LogP contribution is -2.46. The number of hydrogen-bond donors (Lipinski definition) is 0.